The molecule has 1 aromatic heterocycles. The van der Waals surface area contributed by atoms with Crippen molar-refractivity contribution in [2.24, 2.45) is 11.3 Å². The van der Waals surface area contributed by atoms with Crippen molar-refractivity contribution >= 4 is 11.8 Å². The first kappa shape index (κ1) is 22.4. The summed E-state index contributed by atoms with van der Waals surface area (Å²) in [6.07, 6.45) is 3.44. The zero-order chi connectivity index (χ0) is 22.9. The second-order valence-corrected chi connectivity index (χ2v) is 10.2. The third-order valence-corrected chi connectivity index (χ3v) is 6.80. The highest BCUT2D eigenvalue weighted by Crippen LogP contribution is 2.33. The van der Waals surface area contributed by atoms with Crippen molar-refractivity contribution in [3.63, 3.8) is 0 Å². The molecule has 1 atom stereocenters. The summed E-state index contributed by atoms with van der Waals surface area (Å²) in [6.45, 7) is 7.97. The minimum absolute atomic E-state index is 0.0867. The summed E-state index contributed by atoms with van der Waals surface area (Å²) in [4.78, 5) is 29.8. The highest BCUT2D eigenvalue weighted by molar-refractivity contribution is 5.93. The third-order valence-electron chi connectivity index (χ3n) is 6.80. The van der Waals surface area contributed by atoms with Gasteiger partial charge in [-0.3, -0.25) is 14.3 Å². The summed E-state index contributed by atoms with van der Waals surface area (Å²) in [7, 11) is 0. The molecule has 1 aromatic carbocycles. The molecule has 0 saturated carbocycles. The first-order valence-electron chi connectivity index (χ1n) is 11.4. The molecule has 1 unspecified atom stereocenters. The summed E-state index contributed by atoms with van der Waals surface area (Å²) < 4.78 is 1.71. The van der Waals surface area contributed by atoms with Gasteiger partial charge in [0.1, 0.15) is 12.4 Å². The van der Waals surface area contributed by atoms with Gasteiger partial charge >= 0.3 is 0 Å². The number of amides is 2. The Labute approximate surface area is 190 Å². The van der Waals surface area contributed by atoms with Crippen molar-refractivity contribution in [1.29, 1.82) is 0 Å². The molecule has 2 aromatic rings. The second kappa shape index (κ2) is 8.62. The fourth-order valence-electron chi connectivity index (χ4n) is 4.71. The highest BCUT2D eigenvalue weighted by atomic mass is 16.3. The van der Waals surface area contributed by atoms with E-state index in [1.54, 1.807) is 15.6 Å². The quantitative estimate of drug-likeness (QED) is 0.753. The van der Waals surface area contributed by atoms with E-state index in [1.165, 1.54) is 0 Å². The number of aromatic nitrogens is 1. The van der Waals surface area contributed by atoms with E-state index in [-0.39, 0.29) is 29.7 Å². The van der Waals surface area contributed by atoms with Crippen LogP contribution in [0.2, 0.25) is 0 Å². The van der Waals surface area contributed by atoms with Crippen molar-refractivity contribution in [1.82, 2.24) is 14.5 Å². The zero-order valence-electron chi connectivity index (χ0n) is 19.3. The van der Waals surface area contributed by atoms with Crippen LogP contribution in [0.3, 0.4) is 0 Å². The molecule has 1 fully saturated rings. The molecule has 32 heavy (non-hydrogen) atoms. The Kier molecular flexibility index (Phi) is 6.03. The molecule has 1 saturated heterocycles. The van der Waals surface area contributed by atoms with Crippen molar-refractivity contribution in [3.05, 3.63) is 59.9 Å². The maximum Gasteiger partial charge on any atom is 0.273 e. The number of carbonyl (C=O) groups is 2. The number of hydrogen-bond donors (Lipinski definition) is 2. The van der Waals surface area contributed by atoms with E-state index in [0.29, 0.717) is 44.7 Å². The summed E-state index contributed by atoms with van der Waals surface area (Å²) >= 11 is 0. The lowest BCUT2D eigenvalue weighted by molar-refractivity contribution is -0.143. The summed E-state index contributed by atoms with van der Waals surface area (Å²) in [5, 5.41) is 11.2. The molecule has 0 spiro atoms. The molecule has 172 valence electrons. The molecule has 2 aliphatic heterocycles. The molecule has 7 heteroatoms. The molecule has 4 rings (SSSR count). The van der Waals surface area contributed by atoms with Gasteiger partial charge in [0.05, 0.1) is 12.1 Å². The number of likely N-dealkylation sites (tertiary alicyclic amines) is 1. The maximum absolute atomic E-state index is 13.5. The van der Waals surface area contributed by atoms with E-state index >= 15 is 0 Å². The molecule has 0 radical (unpaired) electrons. The summed E-state index contributed by atoms with van der Waals surface area (Å²) in [5.41, 5.74) is 3.74. The topological polar surface area (TPSA) is 77.8 Å². The first-order chi connectivity index (χ1) is 15.2. The second-order valence-electron chi connectivity index (χ2n) is 10.2. The van der Waals surface area contributed by atoms with E-state index in [0.717, 1.165) is 5.56 Å². The van der Waals surface area contributed by atoms with Crippen molar-refractivity contribution in [2.45, 2.75) is 45.6 Å². The van der Waals surface area contributed by atoms with Crippen LogP contribution in [0.15, 0.2) is 48.7 Å². The molecule has 3 heterocycles. The average molecular weight is 439 g/mol. The van der Waals surface area contributed by atoms with Crippen LogP contribution in [0.1, 0.15) is 49.7 Å². The SMILES string of the molecule is CC(C)(C)C(Cc1ccccc1)C(=O)N1CCC(O)(CN2CNn3cccc3C2=O)CC1. The minimum Gasteiger partial charge on any atom is -0.388 e. The van der Waals surface area contributed by atoms with Gasteiger partial charge < -0.3 is 20.3 Å². The fraction of sp³-hybridized carbons (Fsp3) is 0.520. The van der Waals surface area contributed by atoms with Gasteiger partial charge in [0, 0.05) is 25.2 Å². The van der Waals surface area contributed by atoms with Gasteiger partial charge in [0.25, 0.3) is 5.91 Å². The van der Waals surface area contributed by atoms with E-state index in [4.69, 9.17) is 0 Å². The Morgan fingerprint density at radius 2 is 1.81 bits per heavy atom. The van der Waals surface area contributed by atoms with E-state index in [2.05, 4.69) is 38.3 Å². The molecule has 0 aliphatic carbocycles. The zero-order valence-corrected chi connectivity index (χ0v) is 19.3. The largest absolute Gasteiger partial charge is 0.388 e. The van der Waals surface area contributed by atoms with E-state index < -0.39 is 5.60 Å². The van der Waals surface area contributed by atoms with Crippen molar-refractivity contribution in [2.75, 3.05) is 31.7 Å². The molecule has 2 N–H and O–H groups in total. The lowest BCUT2D eigenvalue weighted by Gasteiger charge is -2.43. The van der Waals surface area contributed by atoms with Gasteiger partial charge in [0.15, 0.2) is 0 Å². The number of nitrogens with one attached hydrogen (secondary N) is 1. The predicted molar refractivity (Wildman–Crippen MR) is 124 cm³/mol. The number of benzene rings is 1. The number of fused-ring (bicyclic) bond motifs is 1. The van der Waals surface area contributed by atoms with Crippen LogP contribution in [0, 0.1) is 11.3 Å². The van der Waals surface area contributed by atoms with Crippen LogP contribution in [0.5, 0.6) is 0 Å². The monoisotopic (exact) mass is 438 g/mol. The minimum atomic E-state index is -0.987. The van der Waals surface area contributed by atoms with Gasteiger partial charge in [-0.05, 0) is 42.4 Å². The van der Waals surface area contributed by atoms with Crippen LogP contribution in [-0.2, 0) is 11.2 Å². The number of β-amino-alcohol motifs (C(OH)–C–C–N with tert-alkyl or cyclic N) is 1. The lowest BCUT2D eigenvalue weighted by atomic mass is 9.76. The molecule has 7 nitrogen and oxygen atoms in total. The average Bonchev–Trinajstić information content (AvgIpc) is 3.24. The normalized spacial score (nSPS) is 19.3. The number of nitrogens with zero attached hydrogens (tertiary/aromatic N) is 3. The van der Waals surface area contributed by atoms with Crippen LogP contribution >= 0.6 is 0 Å². The van der Waals surface area contributed by atoms with E-state index in [1.807, 2.05) is 35.4 Å². The molecule has 0 bridgehead atoms. The van der Waals surface area contributed by atoms with Crippen LogP contribution < -0.4 is 5.43 Å². The smallest absolute Gasteiger partial charge is 0.273 e. The molecule has 2 aliphatic rings. The Balaban J connectivity index is 1.38. The third kappa shape index (κ3) is 4.67. The molecule has 2 amide bonds. The number of aliphatic hydroxyl groups is 1. The highest BCUT2D eigenvalue weighted by Gasteiger charge is 2.41. The Morgan fingerprint density at radius 1 is 1.12 bits per heavy atom. The number of piperidine rings is 1. The number of hydrogen-bond acceptors (Lipinski definition) is 4. The van der Waals surface area contributed by atoms with Crippen LogP contribution in [0.4, 0.5) is 0 Å². The van der Waals surface area contributed by atoms with Crippen molar-refractivity contribution in [3.8, 4) is 0 Å². The number of rotatable bonds is 5. The van der Waals surface area contributed by atoms with Gasteiger partial charge in [0.2, 0.25) is 5.91 Å². The van der Waals surface area contributed by atoms with Gasteiger partial charge in [-0.1, -0.05) is 51.1 Å². The lowest BCUT2D eigenvalue weighted by Crippen LogP contribution is -2.57. The van der Waals surface area contributed by atoms with Crippen LogP contribution in [-0.4, -0.2) is 63.3 Å². The number of carbonyl (C=O) groups excluding carboxylic acids is 2. The molecular weight excluding hydrogens is 404 g/mol. The Bertz CT molecular complexity index is 955. The van der Waals surface area contributed by atoms with Gasteiger partial charge in [-0.15, -0.1) is 0 Å². The van der Waals surface area contributed by atoms with Crippen molar-refractivity contribution < 1.29 is 14.7 Å². The molecular formula is C25H34N4O3. The maximum atomic E-state index is 13.5. The predicted octanol–water partition coefficient (Wildman–Crippen LogP) is 2.70. The standard InChI is InChI=1S/C25H34N4O3/c1-24(2,3)20(16-19-8-5-4-6-9-19)22(30)27-14-11-25(32,12-15-27)17-28-18-26-29-13-7-10-21(29)23(28)31/h4-10,13,20,26,32H,11-12,14-18H2,1-3H3. The van der Waals surface area contributed by atoms with Gasteiger partial charge in [-0.2, -0.15) is 0 Å². The summed E-state index contributed by atoms with van der Waals surface area (Å²) in [6, 6.07) is 13.7. The Hall–Kier alpha value is -2.80. The Morgan fingerprint density at radius 3 is 2.47 bits per heavy atom. The van der Waals surface area contributed by atoms with Crippen LogP contribution in [0.25, 0.3) is 0 Å². The van der Waals surface area contributed by atoms with E-state index in [9.17, 15) is 14.7 Å². The first-order valence-corrected chi connectivity index (χ1v) is 11.4. The summed E-state index contributed by atoms with van der Waals surface area (Å²) in [5.74, 6) is -0.0648. The van der Waals surface area contributed by atoms with Gasteiger partial charge in [-0.25, -0.2) is 0 Å². The fourth-order valence-corrected chi connectivity index (χ4v) is 4.71.